The van der Waals surface area contributed by atoms with Crippen LogP contribution in [-0.4, -0.2) is 55.7 Å². The van der Waals surface area contributed by atoms with E-state index in [0.29, 0.717) is 33.9 Å². The smallest absolute Gasteiger partial charge is 0.335 e. The fourth-order valence-corrected chi connectivity index (χ4v) is 5.41. The third kappa shape index (κ3) is 4.40. The molecule has 2 N–H and O–H groups in total. The Hall–Kier alpha value is -6.82. The van der Waals surface area contributed by atoms with Crippen LogP contribution in [0.1, 0.15) is 62.1 Å². The van der Waals surface area contributed by atoms with Crippen LogP contribution >= 0.6 is 0 Å². The molecular formula is C34H18N4O8. The molecule has 12 nitrogen and oxygen atoms in total. The van der Waals surface area contributed by atoms with Gasteiger partial charge in [-0.3, -0.25) is 19.2 Å². The van der Waals surface area contributed by atoms with Gasteiger partial charge in [-0.25, -0.2) is 29.4 Å². The van der Waals surface area contributed by atoms with E-state index in [-0.39, 0.29) is 33.4 Å². The summed E-state index contributed by atoms with van der Waals surface area (Å²) in [6.45, 7) is 0. The monoisotopic (exact) mass is 610 g/mol. The van der Waals surface area contributed by atoms with Crippen LogP contribution in [0.2, 0.25) is 0 Å². The van der Waals surface area contributed by atoms with Crippen LogP contribution in [0.3, 0.4) is 0 Å². The van der Waals surface area contributed by atoms with Crippen LogP contribution in [0.5, 0.6) is 0 Å². The van der Waals surface area contributed by atoms with Crippen molar-refractivity contribution in [1.29, 1.82) is 0 Å². The summed E-state index contributed by atoms with van der Waals surface area (Å²) in [6, 6.07) is 20.7. The number of fused-ring (bicyclic) bond motifs is 2. The summed E-state index contributed by atoms with van der Waals surface area (Å²) in [4.78, 5) is 85.2. The number of carboxylic acids is 2. The van der Waals surface area contributed by atoms with Crippen molar-refractivity contribution in [3.05, 3.63) is 131 Å². The molecule has 4 aromatic carbocycles. The summed E-state index contributed by atoms with van der Waals surface area (Å²) in [6.07, 6.45) is 3.20. The fourth-order valence-electron chi connectivity index (χ4n) is 5.41. The van der Waals surface area contributed by atoms with Crippen molar-refractivity contribution >= 4 is 46.9 Å². The lowest BCUT2D eigenvalue weighted by atomic mass is 10.1. The lowest BCUT2D eigenvalue weighted by Gasteiger charge is -2.14. The van der Waals surface area contributed by atoms with Crippen molar-refractivity contribution in [1.82, 2.24) is 9.97 Å². The Bertz CT molecular complexity index is 2020. The van der Waals surface area contributed by atoms with E-state index in [1.54, 1.807) is 60.9 Å². The van der Waals surface area contributed by atoms with Crippen LogP contribution in [0.15, 0.2) is 97.3 Å². The quantitative estimate of drug-likeness (QED) is 0.254. The maximum Gasteiger partial charge on any atom is 0.335 e. The number of carbonyl (C=O) groups excluding carboxylic acids is 4. The zero-order chi connectivity index (χ0) is 32.3. The molecule has 222 valence electrons. The lowest BCUT2D eigenvalue weighted by molar-refractivity contribution is 0.0686. The van der Waals surface area contributed by atoms with Gasteiger partial charge in [-0.2, -0.15) is 0 Å². The molecule has 0 spiro atoms. The predicted octanol–water partition coefficient (Wildman–Crippen LogP) is 4.81. The zero-order valence-corrected chi connectivity index (χ0v) is 23.4. The van der Waals surface area contributed by atoms with E-state index in [4.69, 9.17) is 0 Å². The average molecular weight is 611 g/mol. The molecule has 3 heterocycles. The lowest BCUT2D eigenvalue weighted by Crippen LogP contribution is -2.29. The Morgan fingerprint density at radius 2 is 0.870 bits per heavy atom. The fraction of sp³-hybridized carbons (Fsp3) is 0. The molecule has 0 saturated carbocycles. The first-order chi connectivity index (χ1) is 22.1. The van der Waals surface area contributed by atoms with Gasteiger partial charge >= 0.3 is 11.9 Å². The predicted molar refractivity (Wildman–Crippen MR) is 162 cm³/mol. The number of hydrogen-bond acceptors (Lipinski definition) is 8. The Labute approximate surface area is 258 Å². The van der Waals surface area contributed by atoms with Crippen molar-refractivity contribution < 1.29 is 39.0 Å². The molecule has 0 fully saturated rings. The Morgan fingerprint density at radius 1 is 0.478 bits per heavy atom. The molecule has 1 aromatic heterocycles. The molecule has 2 aliphatic rings. The van der Waals surface area contributed by atoms with E-state index in [1.807, 2.05) is 0 Å². The number of rotatable bonds is 6. The Morgan fingerprint density at radius 3 is 1.28 bits per heavy atom. The van der Waals surface area contributed by atoms with Crippen molar-refractivity contribution in [2.24, 2.45) is 0 Å². The summed E-state index contributed by atoms with van der Waals surface area (Å²) in [5, 5.41) is 18.5. The molecule has 0 atom stereocenters. The topological polar surface area (TPSA) is 175 Å². The van der Waals surface area contributed by atoms with Gasteiger partial charge in [0, 0.05) is 23.5 Å². The zero-order valence-electron chi connectivity index (χ0n) is 23.4. The highest BCUT2D eigenvalue weighted by Gasteiger charge is 2.38. The number of imide groups is 2. The number of nitrogens with zero attached hydrogens (tertiary/aromatic N) is 4. The van der Waals surface area contributed by atoms with Crippen LogP contribution in [0, 0.1) is 0 Å². The standard InChI is InChI=1S/C34H18N4O8/c39-29-24-11-5-19(33(43)44)13-26(24)31(41)37(29)22-7-1-17(2-8-22)21-15-35-28(36-16-21)18-3-9-23(10-4-18)38-30(40)25-12-6-20(34(45)46)14-27(25)32(38)42/h1-16H,(H,43,44)(H,45,46). The third-order valence-electron chi connectivity index (χ3n) is 7.76. The van der Waals surface area contributed by atoms with Gasteiger partial charge in [-0.15, -0.1) is 0 Å². The highest BCUT2D eigenvalue weighted by atomic mass is 16.4. The summed E-state index contributed by atoms with van der Waals surface area (Å²) in [5.74, 6) is -4.33. The second kappa shape index (κ2) is 10.4. The number of hydrogen-bond donors (Lipinski definition) is 2. The normalized spacial score (nSPS) is 13.7. The molecule has 0 radical (unpaired) electrons. The molecule has 46 heavy (non-hydrogen) atoms. The first-order valence-corrected chi connectivity index (χ1v) is 13.7. The van der Waals surface area contributed by atoms with Crippen molar-refractivity contribution in [2.45, 2.75) is 0 Å². The minimum absolute atomic E-state index is 0.0268. The van der Waals surface area contributed by atoms with E-state index in [1.165, 1.54) is 36.4 Å². The van der Waals surface area contributed by atoms with Crippen LogP contribution < -0.4 is 9.80 Å². The second-order valence-electron chi connectivity index (χ2n) is 10.4. The van der Waals surface area contributed by atoms with E-state index < -0.39 is 35.6 Å². The third-order valence-corrected chi connectivity index (χ3v) is 7.76. The van der Waals surface area contributed by atoms with E-state index in [2.05, 4.69) is 9.97 Å². The van der Waals surface area contributed by atoms with Crippen LogP contribution in [0.4, 0.5) is 11.4 Å². The summed E-state index contributed by atoms with van der Waals surface area (Å²) in [7, 11) is 0. The average Bonchev–Trinajstić information content (AvgIpc) is 3.48. The number of aromatic carboxylic acids is 2. The van der Waals surface area contributed by atoms with Gasteiger partial charge in [-0.1, -0.05) is 12.1 Å². The number of aromatic nitrogens is 2. The van der Waals surface area contributed by atoms with Gasteiger partial charge in [-0.05, 0) is 78.4 Å². The number of carbonyl (C=O) groups is 6. The molecule has 0 saturated heterocycles. The highest BCUT2D eigenvalue weighted by molar-refractivity contribution is 6.35. The first-order valence-electron chi connectivity index (χ1n) is 13.7. The molecule has 2 aliphatic heterocycles. The molecule has 0 unspecified atom stereocenters. The number of benzene rings is 4. The maximum absolute atomic E-state index is 13.0. The largest absolute Gasteiger partial charge is 0.478 e. The number of amides is 4. The second-order valence-corrected chi connectivity index (χ2v) is 10.4. The van der Waals surface area contributed by atoms with Crippen LogP contribution in [-0.2, 0) is 0 Å². The summed E-state index contributed by atoms with van der Waals surface area (Å²) in [5.41, 5.74) is 2.77. The number of carboxylic acid groups (broad SMARTS) is 2. The molecule has 4 amide bonds. The van der Waals surface area contributed by atoms with Gasteiger partial charge in [0.15, 0.2) is 5.82 Å². The van der Waals surface area contributed by atoms with Crippen molar-refractivity contribution in [2.75, 3.05) is 9.80 Å². The van der Waals surface area contributed by atoms with E-state index in [9.17, 15) is 39.0 Å². The van der Waals surface area contributed by atoms with Crippen LogP contribution in [0.25, 0.3) is 22.5 Å². The van der Waals surface area contributed by atoms with E-state index in [0.717, 1.165) is 9.80 Å². The van der Waals surface area contributed by atoms with Crippen molar-refractivity contribution in [3.8, 4) is 22.5 Å². The molecular weight excluding hydrogens is 592 g/mol. The highest BCUT2D eigenvalue weighted by Crippen LogP contribution is 2.32. The Balaban J connectivity index is 1.07. The number of anilines is 2. The maximum atomic E-state index is 13.0. The van der Waals surface area contributed by atoms with E-state index >= 15 is 0 Å². The van der Waals surface area contributed by atoms with Crippen molar-refractivity contribution in [3.63, 3.8) is 0 Å². The SMILES string of the molecule is O=C(O)c1ccc2c(c1)C(=O)N(c1ccc(-c3cnc(-c4ccc(N5C(=O)c6ccc(C(=O)O)cc6C5=O)cc4)nc3)cc1)C2=O. The molecule has 12 heteroatoms. The van der Waals surface area contributed by atoms with Gasteiger partial charge < -0.3 is 10.2 Å². The minimum Gasteiger partial charge on any atom is -0.478 e. The molecule has 5 aromatic rings. The Kier molecular flexibility index (Phi) is 6.34. The molecule has 0 aliphatic carbocycles. The molecule has 0 bridgehead atoms. The minimum atomic E-state index is -1.20. The van der Waals surface area contributed by atoms with Gasteiger partial charge in [0.2, 0.25) is 0 Å². The van der Waals surface area contributed by atoms with Gasteiger partial charge in [0.05, 0.1) is 44.8 Å². The summed E-state index contributed by atoms with van der Waals surface area (Å²) >= 11 is 0. The van der Waals surface area contributed by atoms with Gasteiger partial charge in [0.1, 0.15) is 0 Å². The van der Waals surface area contributed by atoms with Gasteiger partial charge in [0.25, 0.3) is 23.6 Å². The molecule has 7 rings (SSSR count). The first kappa shape index (κ1) is 28.0. The summed E-state index contributed by atoms with van der Waals surface area (Å²) < 4.78 is 0.